The third-order valence-electron chi connectivity index (χ3n) is 11.8. The third kappa shape index (κ3) is 45.6. The molecule has 0 rings (SSSR count). The number of esters is 1. The van der Waals surface area contributed by atoms with Gasteiger partial charge in [0.1, 0.15) is 6.10 Å². The quantitative estimate of drug-likeness (QED) is 0.0245. The van der Waals surface area contributed by atoms with Crippen LogP contribution in [0.5, 0.6) is 0 Å². The van der Waals surface area contributed by atoms with Crippen LogP contribution in [-0.4, -0.2) is 46.9 Å². The van der Waals surface area contributed by atoms with Crippen molar-refractivity contribution in [1.82, 2.24) is 5.32 Å². The predicted octanol–water partition coefficient (Wildman–Crippen LogP) is 16.3. The monoisotopic (exact) mass is 892 g/mol. The molecular formula is C58H101NO5. The Hall–Kier alpha value is -2.96. The number of allylic oxidation sites excluding steroid dienone is 14. The molecule has 368 valence electrons. The number of ether oxygens (including phenoxy) is 1. The Balaban J connectivity index is 4.71. The van der Waals surface area contributed by atoms with E-state index in [9.17, 15) is 19.8 Å². The topological polar surface area (TPSA) is 95.9 Å². The molecule has 0 aromatic rings. The lowest BCUT2D eigenvalue weighted by Gasteiger charge is -2.24. The third-order valence-corrected chi connectivity index (χ3v) is 11.8. The molecule has 0 fully saturated rings. The SMILES string of the molecule is CCCCC/C=C\C/C=C\C/C=C\CCCCC(CC(=O)NC(CO)C(O)CCCCCCCCCCCCCC)OC(=O)CCCCCCC/C=C/C=C/C=C/C=C/CCCCC. The van der Waals surface area contributed by atoms with Crippen LogP contribution in [0.15, 0.2) is 85.1 Å². The molecule has 0 aliphatic heterocycles. The Morgan fingerprint density at radius 2 is 0.859 bits per heavy atom. The second kappa shape index (κ2) is 51.0. The van der Waals surface area contributed by atoms with Gasteiger partial charge < -0.3 is 20.3 Å². The number of amides is 1. The van der Waals surface area contributed by atoms with Crippen LogP contribution in [0.3, 0.4) is 0 Å². The lowest BCUT2D eigenvalue weighted by molar-refractivity contribution is -0.151. The fraction of sp³-hybridized carbons (Fsp3) is 0.724. The second-order valence-corrected chi connectivity index (χ2v) is 18.0. The Bertz CT molecular complexity index is 1230. The van der Waals surface area contributed by atoms with Gasteiger partial charge in [0.15, 0.2) is 0 Å². The molecule has 0 aromatic carbocycles. The number of unbranched alkanes of at least 4 members (excludes halogenated alkanes) is 24. The Morgan fingerprint density at radius 1 is 0.469 bits per heavy atom. The molecule has 0 bridgehead atoms. The summed E-state index contributed by atoms with van der Waals surface area (Å²) in [5.41, 5.74) is 0. The van der Waals surface area contributed by atoms with E-state index in [1.807, 2.05) is 0 Å². The summed E-state index contributed by atoms with van der Waals surface area (Å²) < 4.78 is 5.92. The number of carbonyl (C=O) groups is 2. The summed E-state index contributed by atoms with van der Waals surface area (Å²) in [7, 11) is 0. The molecule has 0 spiro atoms. The number of aliphatic hydroxyl groups is 2. The first kappa shape index (κ1) is 61.0. The van der Waals surface area contributed by atoms with Crippen LogP contribution in [0.1, 0.15) is 245 Å². The van der Waals surface area contributed by atoms with Crippen LogP contribution in [0.25, 0.3) is 0 Å². The molecule has 6 heteroatoms. The van der Waals surface area contributed by atoms with E-state index < -0.39 is 18.2 Å². The van der Waals surface area contributed by atoms with Crippen molar-refractivity contribution >= 4 is 11.9 Å². The van der Waals surface area contributed by atoms with Gasteiger partial charge in [-0.3, -0.25) is 9.59 Å². The summed E-state index contributed by atoms with van der Waals surface area (Å²) in [5.74, 6) is -0.541. The summed E-state index contributed by atoms with van der Waals surface area (Å²) >= 11 is 0. The van der Waals surface area contributed by atoms with Crippen molar-refractivity contribution in [2.45, 2.75) is 264 Å². The number of carbonyl (C=O) groups excluding carboxylic acids is 2. The van der Waals surface area contributed by atoms with Gasteiger partial charge in [-0.1, -0.05) is 228 Å². The van der Waals surface area contributed by atoms with Gasteiger partial charge in [-0.15, -0.1) is 0 Å². The normalized spacial score (nSPS) is 13.9. The highest BCUT2D eigenvalue weighted by molar-refractivity contribution is 5.77. The van der Waals surface area contributed by atoms with Crippen LogP contribution in [0.2, 0.25) is 0 Å². The summed E-state index contributed by atoms with van der Waals surface area (Å²) in [6.07, 6.45) is 66.3. The molecule has 0 radical (unpaired) electrons. The highest BCUT2D eigenvalue weighted by Crippen LogP contribution is 2.17. The molecule has 3 atom stereocenters. The van der Waals surface area contributed by atoms with Crippen molar-refractivity contribution in [3.8, 4) is 0 Å². The minimum absolute atomic E-state index is 0.0381. The number of hydrogen-bond donors (Lipinski definition) is 3. The Morgan fingerprint density at radius 3 is 1.39 bits per heavy atom. The molecule has 0 heterocycles. The maximum atomic E-state index is 13.2. The van der Waals surface area contributed by atoms with Gasteiger partial charge in [-0.05, 0) is 89.9 Å². The Labute approximate surface area is 395 Å². The fourth-order valence-electron chi connectivity index (χ4n) is 7.68. The van der Waals surface area contributed by atoms with E-state index >= 15 is 0 Å². The van der Waals surface area contributed by atoms with Crippen molar-refractivity contribution in [3.05, 3.63) is 85.1 Å². The van der Waals surface area contributed by atoms with Crippen molar-refractivity contribution in [2.24, 2.45) is 0 Å². The van der Waals surface area contributed by atoms with Crippen molar-refractivity contribution in [1.29, 1.82) is 0 Å². The smallest absolute Gasteiger partial charge is 0.306 e. The van der Waals surface area contributed by atoms with Gasteiger partial charge >= 0.3 is 5.97 Å². The predicted molar refractivity (Wildman–Crippen MR) is 278 cm³/mol. The zero-order chi connectivity index (χ0) is 46.7. The molecule has 0 aliphatic rings. The maximum absolute atomic E-state index is 13.2. The molecule has 1 amide bonds. The largest absolute Gasteiger partial charge is 0.462 e. The van der Waals surface area contributed by atoms with Gasteiger partial charge in [0.05, 0.1) is 25.2 Å². The van der Waals surface area contributed by atoms with Gasteiger partial charge in [-0.2, -0.15) is 0 Å². The number of hydrogen-bond acceptors (Lipinski definition) is 5. The average Bonchev–Trinajstić information content (AvgIpc) is 3.29. The molecule has 0 aromatic heterocycles. The van der Waals surface area contributed by atoms with Gasteiger partial charge in [0.2, 0.25) is 5.91 Å². The lowest BCUT2D eigenvalue weighted by Crippen LogP contribution is -2.46. The van der Waals surface area contributed by atoms with Crippen LogP contribution in [0.4, 0.5) is 0 Å². The first-order valence-corrected chi connectivity index (χ1v) is 26.9. The number of aliphatic hydroxyl groups excluding tert-OH is 2. The van der Waals surface area contributed by atoms with E-state index in [0.29, 0.717) is 19.3 Å². The maximum Gasteiger partial charge on any atom is 0.306 e. The van der Waals surface area contributed by atoms with Crippen molar-refractivity contribution in [2.75, 3.05) is 6.61 Å². The fourth-order valence-corrected chi connectivity index (χ4v) is 7.68. The van der Waals surface area contributed by atoms with E-state index in [2.05, 4.69) is 111 Å². The van der Waals surface area contributed by atoms with Gasteiger partial charge in [-0.25, -0.2) is 0 Å². The zero-order valence-corrected chi connectivity index (χ0v) is 41.9. The average molecular weight is 892 g/mol. The highest BCUT2D eigenvalue weighted by Gasteiger charge is 2.24. The van der Waals surface area contributed by atoms with E-state index in [0.717, 1.165) is 96.3 Å². The van der Waals surface area contributed by atoms with E-state index in [1.165, 1.54) is 103 Å². The minimum atomic E-state index is -0.806. The van der Waals surface area contributed by atoms with Gasteiger partial charge in [0.25, 0.3) is 0 Å². The zero-order valence-electron chi connectivity index (χ0n) is 41.9. The number of nitrogens with one attached hydrogen (secondary N) is 1. The summed E-state index contributed by atoms with van der Waals surface area (Å²) in [6.45, 7) is 6.40. The molecule has 0 aliphatic carbocycles. The first-order chi connectivity index (χ1) is 31.5. The summed E-state index contributed by atoms with van der Waals surface area (Å²) in [6, 6.07) is -0.723. The van der Waals surface area contributed by atoms with Crippen LogP contribution < -0.4 is 5.32 Å². The lowest BCUT2D eigenvalue weighted by atomic mass is 10.0. The minimum Gasteiger partial charge on any atom is -0.462 e. The van der Waals surface area contributed by atoms with Crippen LogP contribution in [-0.2, 0) is 14.3 Å². The molecule has 3 N–H and O–H groups in total. The highest BCUT2D eigenvalue weighted by atomic mass is 16.5. The first-order valence-electron chi connectivity index (χ1n) is 26.9. The summed E-state index contributed by atoms with van der Waals surface area (Å²) in [5, 5.41) is 23.8. The Kier molecular flexibility index (Phi) is 48.7. The van der Waals surface area contributed by atoms with E-state index in [4.69, 9.17) is 4.74 Å². The molecule has 6 nitrogen and oxygen atoms in total. The molecule has 0 saturated heterocycles. The van der Waals surface area contributed by atoms with Crippen molar-refractivity contribution < 1.29 is 24.5 Å². The van der Waals surface area contributed by atoms with Crippen LogP contribution >= 0.6 is 0 Å². The number of rotatable bonds is 47. The standard InChI is InChI=1S/C58H101NO5/c1-4-7-10-13-16-19-22-25-27-28-29-31-33-36-39-42-45-48-51-58(63)64-54(49-46-43-40-37-34-32-30-26-23-20-17-14-11-8-5-2)52-57(62)59-55(53-60)56(61)50-47-44-41-38-35-24-21-18-15-12-9-6-3/h16-17,19-20,22,25-31,34,37,54-56,60-61H,4-15,18,21,23-24,32-33,35-36,38-53H2,1-3H3,(H,59,62)/b19-16+,20-17-,25-22+,28-27+,30-26-,31-29+,37-34-. The molecule has 3 unspecified atom stereocenters. The van der Waals surface area contributed by atoms with E-state index in [1.54, 1.807) is 0 Å². The molecule has 64 heavy (non-hydrogen) atoms. The van der Waals surface area contributed by atoms with Crippen LogP contribution in [0, 0.1) is 0 Å². The summed E-state index contributed by atoms with van der Waals surface area (Å²) in [4.78, 5) is 26.2. The second-order valence-electron chi connectivity index (χ2n) is 18.0. The molecular weight excluding hydrogens is 791 g/mol. The van der Waals surface area contributed by atoms with Gasteiger partial charge in [0, 0.05) is 6.42 Å². The molecule has 0 saturated carbocycles. The van der Waals surface area contributed by atoms with Crippen molar-refractivity contribution in [3.63, 3.8) is 0 Å². The van der Waals surface area contributed by atoms with E-state index in [-0.39, 0.29) is 24.9 Å².